The van der Waals surface area contributed by atoms with Crippen molar-refractivity contribution in [3.8, 4) is 5.69 Å². The summed E-state index contributed by atoms with van der Waals surface area (Å²) in [5.41, 5.74) is 4.37. The quantitative estimate of drug-likeness (QED) is 0.245. The van der Waals surface area contributed by atoms with Gasteiger partial charge >= 0.3 is 0 Å². The number of hydrogen-bond donors (Lipinski definition) is 0. The number of carbonyl (C=O) groups excluding carboxylic acids is 1. The lowest BCUT2D eigenvalue weighted by Gasteiger charge is -2.11. The van der Waals surface area contributed by atoms with Crippen molar-refractivity contribution in [1.29, 1.82) is 0 Å². The Balaban J connectivity index is 1.58. The van der Waals surface area contributed by atoms with E-state index >= 15 is 0 Å². The molecule has 0 aliphatic rings. The van der Waals surface area contributed by atoms with E-state index in [2.05, 4.69) is 24.0 Å². The molecule has 0 amide bonds. The summed E-state index contributed by atoms with van der Waals surface area (Å²) in [6, 6.07) is 23.0. The van der Waals surface area contributed by atoms with Crippen molar-refractivity contribution in [3.05, 3.63) is 99.8 Å². The molecule has 0 atom stereocenters. The zero-order valence-electron chi connectivity index (χ0n) is 19.1. The zero-order valence-corrected chi connectivity index (χ0v) is 19.9. The summed E-state index contributed by atoms with van der Waals surface area (Å²) in [4.78, 5) is 26.2. The third-order valence-electron chi connectivity index (χ3n) is 6.01. The number of Topliss-reactive ketones (excluding diaryl/α,β-unsaturated/α-hetero) is 1. The molecule has 7 heteroatoms. The van der Waals surface area contributed by atoms with Gasteiger partial charge in [-0.2, -0.15) is 0 Å². The van der Waals surface area contributed by atoms with E-state index in [0.717, 1.165) is 24.0 Å². The molecule has 5 rings (SSSR count). The van der Waals surface area contributed by atoms with E-state index in [1.54, 1.807) is 4.57 Å². The minimum atomic E-state index is -0.150. The maximum atomic E-state index is 13.4. The Hall–Kier alpha value is -3.71. The molecule has 0 radical (unpaired) electrons. The van der Waals surface area contributed by atoms with Gasteiger partial charge in [-0.05, 0) is 48.2 Å². The first kappa shape index (κ1) is 22.1. The van der Waals surface area contributed by atoms with Gasteiger partial charge < -0.3 is 0 Å². The van der Waals surface area contributed by atoms with Crippen molar-refractivity contribution in [2.45, 2.75) is 31.8 Å². The summed E-state index contributed by atoms with van der Waals surface area (Å²) in [6.07, 6.45) is 1.86. The van der Waals surface area contributed by atoms with Gasteiger partial charge in [-0.25, -0.2) is 4.57 Å². The Kier molecular flexibility index (Phi) is 6.02. The van der Waals surface area contributed by atoms with E-state index in [-0.39, 0.29) is 17.1 Å². The number of para-hydroxylation sites is 1. The van der Waals surface area contributed by atoms with Crippen LogP contribution < -0.4 is 5.56 Å². The van der Waals surface area contributed by atoms with Gasteiger partial charge in [0.15, 0.2) is 10.9 Å². The van der Waals surface area contributed by atoms with E-state index in [0.29, 0.717) is 21.9 Å². The molecule has 0 saturated carbocycles. The Morgan fingerprint density at radius 1 is 0.853 bits per heavy atom. The molecular weight excluding hydrogens is 444 g/mol. The van der Waals surface area contributed by atoms with Crippen molar-refractivity contribution >= 4 is 34.2 Å². The molecule has 0 fully saturated rings. The first-order valence-electron chi connectivity index (χ1n) is 11.3. The summed E-state index contributed by atoms with van der Waals surface area (Å²) in [5.74, 6) is 0.678. The summed E-state index contributed by atoms with van der Waals surface area (Å²) in [7, 11) is 0. The summed E-state index contributed by atoms with van der Waals surface area (Å²) in [6.45, 7) is 4.18. The van der Waals surface area contributed by atoms with Crippen LogP contribution in [0.4, 0.5) is 0 Å². The van der Waals surface area contributed by atoms with Gasteiger partial charge in [0.05, 0.1) is 22.3 Å². The Bertz CT molecular complexity index is 1550. The van der Waals surface area contributed by atoms with Crippen molar-refractivity contribution < 1.29 is 4.79 Å². The van der Waals surface area contributed by atoms with Crippen molar-refractivity contribution in [3.63, 3.8) is 0 Å². The molecule has 2 heterocycles. The highest BCUT2D eigenvalue weighted by Crippen LogP contribution is 2.24. The van der Waals surface area contributed by atoms with Crippen molar-refractivity contribution in [2.24, 2.45) is 0 Å². The van der Waals surface area contributed by atoms with E-state index in [1.807, 2.05) is 77.2 Å². The summed E-state index contributed by atoms with van der Waals surface area (Å²) in [5, 5.41) is 9.87. The number of thioether (sulfide) groups is 1. The van der Waals surface area contributed by atoms with Crippen LogP contribution in [0.3, 0.4) is 0 Å². The fourth-order valence-corrected chi connectivity index (χ4v) is 4.86. The summed E-state index contributed by atoms with van der Waals surface area (Å²) >= 11 is 1.32. The maximum Gasteiger partial charge on any atom is 0.267 e. The molecule has 170 valence electrons. The number of rotatable bonds is 7. The van der Waals surface area contributed by atoms with Crippen LogP contribution in [0.1, 0.15) is 35.3 Å². The van der Waals surface area contributed by atoms with Crippen LogP contribution >= 0.6 is 11.8 Å². The number of ketones is 1. The third kappa shape index (κ3) is 3.92. The Morgan fingerprint density at radius 2 is 1.50 bits per heavy atom. The number of carbonyl (C=O) groups is 1. The number of nitrogens with zero attached hydrogens (tertiary/aromatic N) is 4. The smallest absolute Gasteiger partial charge is 0.267 e. The molecule has 0 aliphatic carbocycles. The molecule has 2 aromatic heterocycles. The van der Waals surface area contributed by atoms with Crippen LogP contribution in [-0.4, -0.2) is 30.7 Å². The van der Waals surface area contributed by atoms with Gasteiger partial charge in [-0.15, -0.1) is 10.2 Å². The zero-order chi connectivity index (χ0) is 23.7. The second-order valence-corrected chi connectivity index (χ2v) is 9.00. The number of aryl methyl sites for hydroxylation is 2. The molecule has 3 aromatic carbocycles. The maximum absolute atomic E-state index is 13.4. The van der Waals surface area contributed by atoms with Gasteiger partial charge in [0.1, 0.15) is 0 Å². The fourth-order valence-electron chi connectivity index (χ4n) is 4.03. The standard InChI is InChI=1S/C27H24N4O2S/c1-3-18-9-13-20(14-10-18)24(32)17-34-27-29-28-26-30(21-15-11-19(4-2)12-16-21)25(33)22-7-5-6-8-23(22)31(26)27/h5-16H,3-4,17H2,1-2H3. The topological polar surface area (TPSA) is 69.3 Å². The molecule has 0 bridgehead atoms. The van der Waals surface area contributed by atoms with Crippen LogP contribution in [-0.2, 0) is 12.8 Å². The molecule has 34 heavy (non-hydrogen) atoms. The average Bonchev–Trinajstić information content (AvgIpc) is 3.31. The third-order valence-corrected chi connectivity index (χ3v) is 6.94. The molecule has 0 unspecified atom stereocenters. The van der Waals surface area contributed by atoms with Gasteiger partial charge in [0.25, 0.3) is 5.56 Å². The van der Waals surface area contributed by atoms with Gasteiger partial charge in [0.2, 0.25) is 5.78 Å². The highest BCUT2D eigenvalue weighted by atomic mass is 32.2. The molecule has 6 nitrogen and oxygen atoms in total. The number of aromatic nitrogens is 4. The first-order chi connectivity index (χ1) is 16.6. The highest BCUT2D eigenvalue weighted by Gasteiger charge is 2.19. The Labute approximate surface area is 201 Å². The van der Waals surface area contributed by atoms with Crippen LogP contribution in [0.2, 0.25) is 0 Å². The largest absolute Gasteiger partial charge is 0.293 e. The lowest BCUT2D eigenvalue weighted by atomic mass is 10.1. The minimum absolute atomic E-state index is 0.0252. The van der Waals surface area contributed by atoms with E-state index in [9.17, 15) is 9.59 Å². The Morgan fingerprint density at radius 3 is 2.18 bits per heavy atom. The molecule has 0 N–H and O–H groups in total. The van der Waals surface area contributed by atoms with Crippen LogP contribution in [0.25, 0.3) is 22.4 Å². The average molecular weight is 469 g/mol. The number of fused-ring (bicyclic) bond motifs is 3. The second kappa shape index (κ2) is 9.27. The minimum Gasteiger partial charge on any atom is -0.293 e. The lowest BCUT2D eigenvalue weighted by Crippen LogP contribution is -2.21. The lowest BCUT2D eigenvalue weighted by molar-refractivity contribution is 0.102. The van der Waals surface area contributed by atoms with Gasteiger partial charge in [0, 0.05) is 5.56 Å². The van der Waals surface area contributed by atoms with Gasteiger partial charge in [-0.1, -0.05) is 74.1 Å². The predicted octanol–water partition coefficient (Wildman–Crippen LogP) is 5.13. The van der Waals surface area contributed by atoms with E-state index < -0.39 is 0 Å². The van der Waals surface area contributed by atoms with Crippen molar-refractivity contribution in [1.82, 2.24) is 19.2 Å². The first-order valence-corrected chi connectivity index (χ1v) is 12.3. The van der Waals surface area contributed by atoms with Crippen LogP contribution in [0.5, 0.6) is 0 Å². The molecule has 5 aromatic rings. The second-order valence-electron chi connectivity index (χ2n) is 8.06. The van der Waals surface area contributed by atoms with Gasteiger partial charge in [-0.3, -0.25) is 14.0 Å². The van der Waals surface area contributed by atoms with Crippen molar-refractivity contribution in [2.75, 3.05) is 5.75 Å². The van der Waals surface area contributed by atoms with Crippen LogP contribution in [0, 0.1) is 0 Å². The van der Waals surface area contributed by atoms with E-state index in [1.165, 1.54) is 22.9 Å². The fraction of sp³-hybridized carbons (Fsp3) is 0.185. The molecule has 0 saturated heterocycles. The summed E-state index contributed by atoms with van der Waals surface area (Å²) < 4.78 is 3.45. The van der Waals surface area contributed by atoms with E-state index in [4.69, 9.17) is 0 Å². The highest BCUT2D eigenvalue weighted by molar-refractivity contribution is 7.99. The molecule has 0 aliphatic heterocycles. The number of benzene rings is 3. The predicted molar refractivity (Wildman–Crippen MR) is 136 cm³/mol. The molecular formula is C27H24N4O2S. The normalized spacial score (nSPS) is 11.4. The SMILES string of the molecule is CCc1ccc(C(=O)CSc2nnc3n(-c4ccc(CC)cc4)c(=O)c4ccccc4n23)cc1. The molecule has 0 spiro atoms. The van der Waals surface area contributed by atoms with Crippen LogP contribution in [0.15, 0.2) is 82.7 Å². The monoisotopic (exact) mass is 468 g/mol. The number of hydrogen-bond acceptors (Lipinski definition) is 5.